The average Bonchev–Trinajstić information content (AvgIpc) is 3.02. The molecule has 1 heterocycles. The van der Waals surface area contributed by atoms with Crippen LogP contribution >= 0.6 is 0 Å². The smallest absolute Gasteiger partial charge is 0.307 e. The first-order valence-corrected chi connectivity index (χ1v) is 7.02. The van der Waals surface area contributed by atoms with Gasteiger partial charge in [0, 0.05) is 17.8 Å². The molecule has 0 saturated heterocycles. The molecular weight excluding hydrogens is 258 g/mol. The third kappa shape index (κ3) is 3.00. The highest BCUT2D eigenvalue weighted by Gasteiger charge is 2.41. The Kier molecular flexibility index (Phi) is 4.42. The molecule has 6 heteroatoms. The molecule has 1 unspecified atom stereocenters. The van der Waals surface area contributed by atoms with Gasteiger partial charge in [-0.05, 0) is 25.7 Å². The normalized spacial score (nSPS) is 25.6. The van der Waals surface area contributed by atoms with Gasteiger partial charge in [0.05, 0.1) is 18.0 Å². The van der Waals surface area contributed by atoms with Crippen LogP contribution in [-0.2, 0) is 16.1 Å². The van der Waals surface area contributed by atoms with Crippen LogP contribution in [-0.4, -0.2) is 27.2 Å². The molecule has 20 heavy (non-hydrogen) atoms. The fraction of sp³-hybridized carbons (Fsp3) is 0.643. The summed E-state index contributed by atoms with van der Waals surface area (Å²) in [7, 11) is 0. The van der Waals surface area contributed by atoms with Crippen LogP contribution in [0.25, 0.3) is 0 Å². The Morgan fingerprint density at radius 2 is 2.15 bits per heavy atom. The summed E-state index contributed by atoms with van der Waals surface area (Å²) in [5.74, 6) is -1.65. The topological polar surface area (TPSA) is 95.1 Å². The number of amides is 1. The molecule has 1 saturated carbocycles. The zero-order valence-corrected chi connectivity index (χ0v) is 11.8. The molecule has 1 aliphatic carbocycles. The maximum Gasteiger partial charge on any atom is 0.307 e. The molecule has 0 radical (unpaired) electrons. The Morgan fingerprint density at radius 3 is 2.70 bits per heavy atom. The van der Waals surface area contributed by atoms with Crippen LogP contribution in [0.3, 0.4) is 0 Å². The van der Waals surface area contributed by atoms with Crippen molar-refractivity contribution >= 4 is 11.9 Å². The van der Waals surface area contributed by atoms with Crippen LogP contribution in [0.2, 0.25) is 0 Å². The van der Waals surface area contributed by atoms with Crippen LogP contribution in [0.5, 0.6) is 0 Å². The molecular formula is C14H21N3O3. The van der Waals surface area contributed by atoms with Crippen LogP contribution in [0.1, 0.15) is 37.4 Å². The number of H-pyrrole nitrogens is 1. The minimum absolute atomic E-state index is 0.158. The highest BCUT2D eigenvalue weighted by Crippen LogP contribution is 2.38. The largest absolute Gasteiger partial charge is 0.481 e. The molecule has 2 rings (SSSR count). The SMILES string of the molecule is CCC1C[C@H](C(=O)NCc2cn[nH]c2C)[C@H](C(=O)O)C1. The summed E-state index contributed by atoms with van der Waals surface area (Å²) in [6.45, 7) is 4.32. The van der Waals surface area contributed by atoms with E-state index in [0.717, 1.165) is 17.7 Å². The molecule has 1 aromatic rings. The van der Waals surface area contributed by atoms with Crippen molar-refractivity contribution in [2.24, 2.45) is 17.8 Å². The van der Waals surface area contributed by atoms with Gasteiger partial charge < -0.3 is 10.4 Å². The predicted molar refractivity (Wildman–Crippen MR) is 72.8 cm³/mol. The summed E-state index contributed by atoms with van der Waals surface area (Å²) in [4.78, 5) is 23.5. The first-order chi connectivity index (χ1) is 9.52. The Labute approximate surface area is 118 Å². The number of carbonyl (C=O) groups is 2. The Hall–Kier alpha value is -1.85. The van der Waals surface area contributed by atoms with E-state index in [-0.39, 0.29) is 5.91 Å². The molecule has 0 aromatic carbocycles. The van der Waals surface area contributed by atoms with Crippen molar-refractivity contribution in [1.29, 1.82) is 0 Å². The third-order valence-corrected chi connectivity index (χ3v) is 4.28. The van der Waals surface area contributed by atoms with Gasteiger partial charge in [-0.15, -0.1) is 0 Å². The van der Waals surface area contributed by atoms with Crippen LogP contribution in [0.4, 0.5) is 0 Å². The van der Waals surface area contributed by atoms with E-state index < -0.39 is 17.8 Å². The van der Waals surface area contributed by atoms with E-state index in [9.17, 15) is 14.7 Å². The molecule has 1 aliphatic rings. The number of carboxylic acid groups (broad SMARTS) is 1. The first kappa shape index (κ1) is 14.6. The van der Waals surface area contributed by atoms with Crippen molar-refractivity contribution in [3.63, 3.8) is 0 Å². The van der Waals surface area contributed by atoms with E-state index in [2.05, 4.69) is 15.5 Å². The number of nitrogens with one attached hydrogen (secondary N) is 2. The van der Waals surface area contributed by atoms with Crippen LogP contribution < -0.4 is 5.32 Å². The third-order valence-electron chi connectivity index (χ3n) is 4.28. The molecule has 0 aliphatic heterocycles. The number of aliphatic carboxylic acids is 1. The van der Waals surface area contributed by atoms with Crippen molar-refractivity contribution in [2.45, 2.75) is 39.7 Å². The lowest BCUT2D eigenvalue weighted by Crippen LogP contribution is -2.35. The number of aryl methyl sites for hydroxylation is 1. The van der Waals surface area contributed by atoms with Gasteiger partial charge in [-0.2, -0.15) is 5.10 Å². The van der Waals surface area contributed by atoms with Gasteiger partial charge in [-0.25, -0.2) is 0 Å². The second-order valence-corrected chi connectivity index (χ2v) is 5.53. The number of carboxylic acids is 1. The maximum atomic E-state index is 12.2. The highest BCUT2D eigenvalue weighted by molar-refractivity contribution is 5.85. The average molecular weight is 279 g/mol. The maximum absolute atomic E-state index is 12.2. The summed E-state index contributed by atoms with van der Waals surface area (Å²) in [5.41, 5.74) is 1.84. The molecule has 3 atom stereocenters. The zero-order valence-electron chi connectivity index (χ0n) is 11.8. The summed E-state index contributed by atoms with van der Waals surface area (Å²) >= 11 is 0. The molecule has 110 valence electrons. The van der Waals surface area contributed by atoms with E-state index in [1.54, 1.807) is 6.20 Å². The van der Waals surface area contributed by atoms with E-state index in [0.29, 0.717) is 25.3 Å². The van der Waals surface area contributed by atoms with Crippen molar-refractivity contribution in [2.75, 3.05) is 0 Å². The fourth-order valence-electron chi connectivity index (χ4n) is 2.91. The Morgan fingerprint density at radius 1 is 1.45 bits per heavy atom. The minimum atomic E-state index is -0.861. The van der Waals surface area contributed by atoms with Crippen LogP contribution in [0.15, 0.2) is 6.20 Å². The molecule has 3 N–H and O–H groups in total. The summed E-state index contributed by atoms with van der Waals surface area (Å²) < 4.78 is 0. The van der Waals surface area contributed by atoms with Crippen LogP contribution in [0, 0.1) is 24.7 Å². The lowest BCUT2D eigenvalue weighted by molar-refractivity contribution is -0.146. The zero-order chi connectivity index (χ0) is 14.7. The minimum Gasteiger partial charge on any atom is -0.481 e. The summed E-state index contributed by atoms with van der Waals surface area (Å²) in [6, 6.07) is 0. The second kappa shape index (κ2) is 6.07. The van der Waals surface area contributed by atoms with Gasteiger partial charge in [0.15, 0.2) is 0 Å². The van der Waals surface area contributed by atoms with Gasteiger partial charge in [-0.1, -0.05) is 13.3 Å². The number of carbonyl (C=O) groups excluding carboxylic acids is 1. The fourth-order valence-corrected chi connectivity index (χ4v) is 2.91. The number of aromatic nitrogens is 2. The van der Waals surface area contributed by atoms with E-state index >= 15 is 0 Å². The number of aromatic amines is 1. The van der Waals surface area contributed by atoms with Crippen molar-refractivity contribution in [1.82, 2.24) is 15.5 Å². The number of hydrogen-bond donors (Lipinski definition) is 3. The lowest BCUT2D eigenvalue weighted by atomic mass is 9.95. The molecule has 0 bridgehead atoms. The van der Waals surface area contributed by atoms with E-state index in [1.807, 2.05) is 13.8 Å². The summed E-state index contributed by atoms with van der Waals surface area (Å²) in [6.07, 6.45) is 3.88. The van der Waals surface area contributed by atoms with Crippen molar-refractivity contribution in [3.05, 3.63) is 17.5 Å². The predicted octanol–water partition coefficient (Wildman–Crippen LogP) is 1.47. The standard InChI is InChI=1S/C14H21N3O3/c1-3-9-4-11(12(5-9)14(19)20)13(18)15-6-10-7-16-17-8(10)2/h7,9,11-12H,3-6H2,1-2H3,(H,15,18)(H,16,17)(H,19,20)/t9?,11-,12+/m0/s1. The summed E-state index contributed by atoms with van der Waals surface area (Å²) in [5, 5.41) is 18.8. The van der Waals surface area contributed by atoms with Crippen molar-refractivity contribution in [3.8, 4) is 0 Å². The molecule has 1 amide bonds. The van der Waals surface area contributed by atoms with Gasteiger partial charge in [-0.3, -0.25) is 14.7 Å². The Balaban J connectivity index is 1.97. The lowest BCUT2D eigenvalue weighted by Gasteiger charge is -2.15. The second-order valence-electron chi connectivity index (χ2n) is 5.53. The Bertz CT molecular complexity index is 498. The van der Waals surface area contributed by atoms with E-state index in [4.69, 9.17) is 0 Å². The molecule has 1 fully saturated rings. The molecule has 6 nitrogen and oxygen atoms in total. The number of rotatable bonds is 5. The highest BCUT2D eigenvalue weighted by atomic mass is 16.4. The first-order valence-electron chi connectivity index (χ1n) is 7.02. The van der Waals surface area contributed by atoms with Crippen molar-refractivity contribution < 1.29 is 14.7 Å². The van der Waals surface area contributed by atoms with Gasteiger partial charge >= 0.3 is 5.97 Å². The quantitative estimate of drug-likeness (QED) is 0.760. The van der Waals surface area contributed by atoms with E-state index in [1.165, 1.54) is 0 Å². The van der Waals surface area contributed by atoms with Gasteiger partial charge in [0.1, 0.15) is 0 Å². The molecule has 0 spiro atoms. The van der Waals surface area contributed by atoms with Gasteiger partial charge in [0.2, 0.25) is 5.91 Å². The molecule has 1 aromatic heterocycles. The van der Waals surface area contributed by atoms with Gasteiger partial charge in [0.25, 0.3) is 0 Å². The number of nitrogens with zero attached hydrogens (tertiary/aromatic N) is 1. The number of hydrogen-bond acceptors (Lipinski definition) is 3. The monoisotopic (exact) mass is 279 g/mol.